The summed E-state index contributed by atoms with van der Waals surface area (Å²) in [6.45, 7) is 0.782. The molecule has 0 aromatic carbocycles. The lowest BCUT2D eigenvalue weighted by molar-refractivity contribution is -0.130. The van der Waals surface area contributed by atoms with Crippen molar-refractivity contribution in [2.24, 2.45) is 0 Å². The molecule has 1 aliphatic rings. The molecule has 3 nitrogen and oxygen atoms in total. The first-order valence-corrected chi connectivity index (χ1v) is 7.25. The topological polar surface area (TPSA) is 40.5 Å². The Bertz CT molecular complexity index is 444. The molecule has 1 aliphatic heterocycles. The van der Waals surface area contributed by atoms with Crippen LogP contribution in [0.3, 0.4) is 0 Å². The minimum Gasteiger partial charge on any atom is -0.394 e. The van der Waals surface area contributed by atoms with E-state index in [9.17, 15) is 9.90 Å². The quantitative estimate of drug-likeness (QED) is 0.868. The number of rotatable bonds is 3. The number of piperidine rings is 1. The molecule has 1 atom stereocenters. The van der Waals surface area contributed by atoms with Crippen molar-refractivity contribution in [1.29, 1.82) is 0 Å². The molecule has 2 heterocycles. The molecule has 1 saturated heterocycles. The normalized spacial score (nSPS) is 20.6. The first-order chi connectivity index (χ1) is 8.70. The molecule has 98 valence electrons. The van der Waals surface area contributed by atoms with Crippen LogP contribution < -0.4 is 0 Å². The van der Waals surface area contributed by atoms with Crippen LogP contribution in [0.4, 0.5) is 0 Å². The zero-order chi connectivity index (χ0) is 13.0. The van der Waals surface area contributed by atoms with Gasteiger partial charge in [0, 0.05) is 17.5 Å². The second-order valence-corrected chi connectivity index (χ2v) is 6.09. The van der Waals surface area contributed by atoms with Crippen LogP contribution in [0.1, 0.15) is 24.1 Å². The zero-order valence-electron chi connectivity index (χ0n) is 10.0. The highest BCUT2D eigenvalue weighted by atomic mass is 35.5. The number of hydrogen-bond donors (Lipinski definition) is 1. The second kappa shape index (κ2) is 6.36. The third-order valence-electron chi connectivity index (χ3n) is 3.11. The van der Waals surface area contributed by atoms with Gasteiger partial charge in [-0.1, -0.05) is 11.6 Å². The van der Waals surface area contributed by atoms with Crippen LogP contribution in [0.15, 0.2) is 18.2 Å². The summed E-state index contributed by atoms with van der Waals surface area (Å²) in [6, 6.07) is 3.67. The Kier molecular flexibility index (Phi) is 4.80. The Balaban J connectivity index is 2.00. The number of thiophene rings is 1. The van der Waals surface area contributed by atoms with E-state index in [1.807, 2.05) is 12.1 Å². The summed E-state index contributed by atoms with van der Waals surface area (Å²) in [4.78, 5) is 14.8. The fraction of sp³-hybridized carbons (Fsp3) is 0.462. The summed E-state index contributed by atoms with van der Waals surface area (Å²) in [5.41, 5.74) is 0. The number of hydrogen-bond acceptors (Lipinski definition) is 3. The van der Waals surface area contributed by atoms with Gasteiger partial charge >= 0.3 is 0 Å². The lowest BCUT2D eigenvalue weighted by Gasteiger charge is -2.33. The van der Waals surface area contributed by atoms with E-state index in [1.165, 1.54) is 11.3 Å². The molecular weight excluding hydrogens is 270 g/mol. The van der Waals surface area contributed by atoms with E-state index in [4.69, 9.17) is 11.6 Å². The SMILES string of the molecule is O=C(/C=C/c1ccc(Cl)s1)N1CCCCC1CO. The van der Waals surface area contributed by atoms with Crippen molar-refractivity contribution in [3.63, 3.8) is 0 Å². The van der Waals surface area contributed by atoms with Crippen molar-refractivity contribution in [2.45, 2.75) is 25.3 Å². The van der Waals surface area contributed by atoms with Gasteiger partial charge in [-0.3, -0.25) is 4.79 Å². The third-order valence-corrected chi connectivity index (χ3v) is 4.30. The van der Waals surface area contributed by atoms with Gasteiger partial charge < -0.3 is 10.0 Å². The predicted octanol–water partition coefficient (Wildman–Crippen LogP) is 2.79. The van der Waals surface area contributed by atoms with Gasteiger partial charge in [0.25, 0.3) is 0 Å². The summed E-state index contributed by atoms with van der Waals surface area (Å²) in [5, 5.41) is 9.27. The minimum absolute atomic E-state index is 0.0252. The molecule has 1 unspecified atom stereocenters. The van der Waals surface area contributed by atoms with E-state index in [-0.39, 0.29) is 18.6 Å². The van der Waals surface area contributed by atoms with Crippen LogP contribution in [0, 0.1) is 0 Å². The average Bonchev–Trinajstić information content (AvgIpc) is 2.81. The maximum Gasteiger partial charge on any atom is 0.246 e. The number of carbonyl (C=O) groups excluding carboxylic acids is 1. The van der Waals surface area contributed by atoms with Gasteiger partial charge in [-0.25, -0.2) is 0 Å². The molecule has 1 aromatic rings. The number of likely N-dealkylation sites (tertiary alicyclic amines) is 1. The Morgan fingerprint density at radius 1 is 1.56 bits per heavy atom. The minimum atomic E-state index is -0.0294. The highest BCUT2D eigenvalue weighted by Crippen LogP contribution is 2.23. The fourth-order valence-corrected chi connectivity index (χ4v) is 3.11. The van der Waals surface area contributed by atoms with Crippen LogP contribution in [0.5, 0.6) is 0 Å². The van der Waals surface area contributed by atoms with Crippen LogP contribution >= 0.6 is 22.9 Å². The van der Waals surface area contributed by atoms with Gasteiger partial charge in [0.2, 0.25) is 5.91 Å². The molecule has 0 spiro atoms. The summed E-state index contributed by atoms with van der Waals surface area (Å²) >= 11 is 7.27. The van der Waals surface area contributed by atoms with E-state index in [0.717, 1.165) is 30.7 Å². The van der Waals surface area contributed by atoms with Gasteiger partial charge in [0.05, 0.1) is 17.0 Å². The Morgan fingerprint density at radius 3 is 3.06 bits per heavy atom. The van der Waals surface area contributed by atoms with Gasteiger partial charge in [-0.2, -0.15) is 0 Å². The van der Waals surface area contributed by atoms with Crippen molar-refractivity contribution >= 4 is 34.9 Å². The predicted molar refractivity (Wildman–Crippen MR) is 74.8 cm³/mol. The lowest BCUT2D eigenvalue weighted by Crippen LogP contribution is -2.44. The molecule has 1 aromatic heterocycles. The van der Waals surface area contributed by atoms with Crippen LogP contribution in [-0.4, -0.2) is 35.1 Å². The van der Waals surface area contributed by atoms with E-state index in [2.05, 4.69) is 0 Å². The standard InChI is InChI=1S/C13H16ClNO2S/c14-12-6-4-11(18-12)5-7-13(17)15-8-2-1-3-10(15)9-16/h4-7,10,16H,1-3,8-9H2/b7-5+. The Morgan fingerprint density at radius 2 is 2.39 bits per heavy atom. The number of aliphatic hydroxyl groups is 1. The largest absolute Gasteiger partial charge is 0.394 e. The van der Waals surface area contributed by atoms with Crippen molar-refractivity contribution < 1.29 is 9.90 Å². The molecule has 1 fully saturated rings. The molecule has 2 rings (SSSR count). The van der Waals surface area contributed by atoms with Crippen molar-refractivity contribution in [3.05, 3.63) is 27.4 Å². The third kappa shape index (κ3) is 3.34. The number of amides is 1. The fourth-order valence-electron chi connectivity index (χ4n) is 2.15. The summed E-state index contributed by atoms with van der Waals surface area (Å²) < 4.78 is 0.716. The van der Waals surface area contributed by atoms with Crippen molar-refractivity contribution in [1.82, 2.24) is 4.90 Å². The first kappa shape index (κ1) is 13.6. The molecule has 1 N–H and O–H groups in total. The number of aliphatic hydroxyl groups excluding tert-OH is 1. The number of nitrogens with zero attached hydrogens (tertiary/aromatic N) is 1. The summed E-state index contributed by atoms with van der Waals surface area (Å²) in [6.07, 6.45) is 6.33. The van der Waals surface area contributed by atoms with Crippen molar-refractivity contribution in [3.8, 4) is 0 Å². The van der Waals surface area contributed by atoms with Crippen LogP contribution in [0.25, 0.3) is 6.08 Å². The monoisotopic (exact) mass is 285 g/mol. The van der Waals surface area contributed by atoms with E-state index in [1.54, 1.807) is 17.1 Å². The van der Waals surface area contributed by atoms with Gasteiger partial charge in [-0.05, 0) is 37.5 Å². The van der Waals surface area contributed by atoms with E-state index in [0.29, 0.717) is 4.34 Å². The highest BCUT2D eigenvalue weighted by Gasteiger charge is 2.24. The number of carbonyl (C=O) groups is 1. The van der Waals surface area contributed by atoms with Crippen LogP contribution in [-0.2, 0) is 4.79 Å². The van der Waals surface area contributed by atoms with Crippen LogP contribution in [0.2, 0.25) is 4.34 Å². The molecular formula is C13H16ClNO2S. The lowest BCUT2D eigenvalue weighted by atomic mass is 10.0. The molecule has 18 heavy (non-hydrogen) atoms. The van der Waals surface area contributed by atoms with E-state index < -0.39 is 0 Å². The van der Waals surface area contributed by atoms with Gasteiger partial charge in [0.1, 0.15) is 0 Å². The first-order valence-electron chi connectivity index (χ1n) is 6.05. The zero-order valence-corrected chi connectivity index (χ0v) is 11.6. The molecule has 5 heteroatoms. The molecule has 0 saturated carbocycles. The number of halogens is 1. The maximum atomic E-state index is 12.0. The molecule has 0 aliphatic carbocycles. The molecule has 1 amide bonds. The van der Waals surface area contributed by atoms with E-state index >= 15 is 0 Å². The smallest absolute Gasteiger partial charge is 0.246 e. The van der Waals surface area contributed by atoms with Gasteiger partial charge in [-0.15, -0.1) is 11.3 Å². The second-order valence-electron chi connectivity index (χ2n) is 4.34. The summed E-state index contributed by atoms with van der Waals surface area (Å²) in [5.74, 6) is -0.0294. The maximum absolute atomic E-state index is 12.0. The Labute approximate surface area is 116 Å². The molecule has 0 bridgehead atoms. The van der Waals surface area contributed by atoms with Gasteiger partial charge in [0.15, 0.2) is 0 Å². The Hall–Kier alpha value is -0.840. The average molecular weight is 286 g/mol. The molecule has 0 radical (unpaired) electrons. The summed E-state index contributed by atoms with van der Waals surface area (Å²) in [7, 11) is 0. The van der Waals surface area contributed by atoms with Crippen molar-refractivity contribution in [2.75, 3.05) is 13.2 Å². The highest BCUT2D eigenvalue weighted by molar-refractivity contribution is 7.17.